The maximum Gasteiger partial charge on any atom is 0.241 e. The summed E-state index contributed by atoms with van der Waals surface area (Å²) in [5, 5.41) is 2.90. The Kier molecular flexibility index (Phi) is 6.55. The van der Waals surface area contributed by atoms with E-state index in [0.717, 1.165) is 21.7 Å². The molecule has 0 spiro atoms. The Hall–Kier alpha value is -2.34. The summed E-state index contributed by atoms with van der Waals surface area (Å²) in [5.41, 5.74) is 3.57. The molecule has 0 aromatic heterocycles. The van der Waals surface area contributed by atoms with Crippen LogP contribution in [0.5, 0.6) is 0 Å². The molecule has 1 amide bonds. The fraction of sp³-hybridized carbons (Fsp3) is 0.409. The van der Waals surface area contributed by atoms with Gasteiger partial charge in [0.25, 0.3) is 0 Å². The predicted octanol–water partition coefficient (Wildman–Crippen LogP) is 3.94. The van der Waals surface area contributed by atoms with Crippen LogP contribution in [-0.2, 0) is 20.2 Å². The van der Waals surface area contributed by atoms with Gasteiger partial charge in [0.2, 0.25) is 15.9 Å². The van der Waals surface area contributed by atoms with Crippen LogP contribution in [0.3, 0.4) is 0 Å². The zero-order valence-corrected chi connectivity index (χ0v) is 18.3. The number of carbonyl (C=O) groups excluding carboxylic acids is 1. The highest BCUT2D eigenvalue weighted by Crippen LogP contribution is 2.24. The molecule has 1 N–H and O–H groups in total. The van der Waals surface area contributed by atoms with Gasteiger partial charge in [-0.25, -0.2) is 8.42 Å². The summed E-state index contributed by atoms with van der Waals surface area (Å²) in [7, 11) is -3.59. The molecule has 2 aromatic rings. The van der Waals surface area contributed by atoms with Crippen LogP contribution in [-0.4, -0.2) is 27.1 Å². The monoisotopic (exact) mass is 402 g/mol. The molecule has 0 aliphatic carbocycles. The van der Waals surface area contributed by atoms with Gasteiger partial charge in [-0.3, -0.25) is 9.10 Å². The standard InChI is InChI=1S/C22H30N2O3S/c1-16-9-7-8-10-20(16)24(28(6,26)27)15-21(25)23-17(2)18-11-13-19(14-12-18)22(3,4)5/h7-14,17H,15H2,1-6H3,(H,23,25)/t17-/m1/s1. The number of nitrogens with zero attached hydrogens (tertiary/aromatic N) is 1. The van der Waals surface area contributed by atoms with Gasteiger partial charge < -0.3 is 5.32 Å². The summed E-state index contributed by atoms with van der Waals surface area (Å²) in [6, 6.07) is 15.0. The van der Waals surface area contributed by atoms with Crippen LogP contribution in [0, 0.1) is 6.92 Å². The Morgan fingerprint density at radius 1 is 1.07 bits per heavy atom. The molecule has 2 rings (SSSR count). The first-order valence-corrected chi connectivity index (χ1v) is 11.2. The lowest BCUT2D eigenvalue weighted by atomic mass is 9.86. The highest BCUT2D eigenvalue weighted by molar-refractivity contribution is 7.92. The van der Waals surface area contributed by atoms with Crippen LogP contribution >= 0.6 is 0 Å². The Bertz CT molecular complexity index is 929. The summed E-state index contributed by atoms with van der Waals surface area (Å²) in [5.74, 6) is -0.346. The number of aryl methyl sites for hydroxylation is 1. The van der Waals surface area contributed by atoms with E-state index in [1.807, 2.05) is 38.1 Å². The third-order valence-electron chi connectivity index (χ3n) is 4.73. The second-order valence-electron chi connectivity index (χ2n) is 8.22. The zero-order valence-electron chi connectivity index (χ0n) is 17.5. The molecule has 0 saturated carbocycles. The molecular weight excluding hydrogens is 372 g/mol. The lowest BCUT2D eigenvalue weighted by molar-refractivity contribution is -0.120. The van der Waals surface area contributed by atoms with Crippen molar-refractivity contribution in [2.45, 2.75) is 46.1 Å². The quantitative estimate of drug-likeness (QED) is 0.796. The molecule has 0 heterocycles. The minimum Gasteiger partial charge on any atom is -0.348 e. The van der Waals surface area contributed by atoms with E-state index in [1.165, 1.54) is 5.56 Å². The van der Waals surface area contributed by atoms with E-state index < -0.39 is 10.0 Å². The predicted molar refractivity (Wildman–Crippen MR) is 115 cm³/mol. The summed E-state index contributed by atoms with van der Waals surface area (Å²) in [6.07, 6.45) is 1.11. The van der Waals surface area contributed by atoms with Gasteiger partial charge in [-0.15, -0.1) is 0 Å². The zero-order chi connectivity index (χ0) is 21.1. The number of anilines is 1. The molecule has 6 heteroatoms. The van der Waals surface area contributed by atoms with Gasteiger partial charge in [-0.2, -0.15) is 0 Å². The molecule has 28 heavy (non-hydrogen) atoms. The summed E-state index contributed by atoms with van der Waals surface area (Å²) in [4.78, 5) is 12.6. The minimum absolute atomic E-state index is 0.0640. The van der Waals surface area contributed by atoms with Crippen molar-refractivity contribution in [1.29, 1.82) is 0 Å². The molecule has 0 unspecified atom stereocenters. The molecule has 5 nitrogen and oxygen atoms in total. The number of sulfonamides is 1. The Morgan fingerprint density at radius 3 is 2.14 bits per heavy atom. The lowest BCUT2D eigenvalue weighted by Gasteiger charge is -2.25. The number of benzene rings is 2. The second kappa shape index (κ2) is 8.35. The largest absolute Gasteiger partial charge is 0.348 e. The first-order valence-electron chi connectivity index (χ1n) is 9.33. The van der Waals surface area contributed by atoms with E-state index in [1.54, 1.807) is 12.1 Å². The van der Waals surface area contributed by atoms with E-state index in [0.29, 0.717) is 5.69 Å². The van der Waals surface area contributed by atoms with Gasteiger partial charge in [0.05, 0.1) is 18.0 Å². The topological polar surface area (TPSA) is 66.5 Å². The van der Waals surface area contributed by atoms with E-state index in [2.05, 4.69) is 38.2 Å². The summed E-state index contributed by atoms with van der Waals surface area (Å²) in [6.45, 7) is 9.91. The fourth-order valence-corrected chi connectivity index (χ4v) is 3.91. The van der Waals surface area contributed by atoms with Crippen molar-refractivity contribution < 1.29 is 13.2 Å². The van der Waals surface area contributed by atoms with Gasteiger partial charge in [-0.05, 0) is 42.0 Å². The smallest absolute Gasteiger partial charge is 0.241 e. The third-order valence-corrected chi connectivity index (χ3v) is 5.85. The Morgan fingerprint density at radius 2 is 1.64 bits per heavy atom. The third kappa shape index (κ3) is 5.58. The number of rotatable bonds is 6. The molecule has 0 fully saturated rings. The average Bonchev–Trinajstić information content (AvgIpc) is 2.59. The average molecular weight is 403 g/mol. The fourth-order valence-electron chi connectivity index (χ4n) is 3.00. The summed E-state index contributed by atoms with van der Waals surface area (Å²) >= 11 is 0. The number of hydrogen-bond donors (Lipinski definition) is 1. The van der Waals surface area contributed by atoms with Crippen molar-refractivity contribution in [3.8, 4) is 0 Å². The van der Waals surface area contributed by atoms with Gasteiger partial charge in [0.1, 0.15) is 6.54 Å². The molecule has 2 aromatic carbocycles. The maximum atomic E-state index is 12.6. The van der Waals surface area contributed by atoms with Crippen molar-refractivity contribution in [2.24, 2.45) is 0 Å². The molecule has 1 atom stereocenters. The van der Waals surface area contributed by atoms with Crippen molar-refractivity contribution in [3.05, 3.63) is 65.2 Å². The van der Waals surface area contributed by atoms with E-state index >= 15 is 0 Å². The molecular formula is C22H30N2O3S. The first-order chi connectivity index (χ1) is 12.9. The Balaban J connectivity index is 2.13. The van der Waals surface area contributed by atoms with Crippen molar-refractivity contribution in [2.75, 3.05) is 17.1 Å². The van der Waals surface area contributed by atoms with Gasteiger partial charge >= 0.3 is 0 Å². The van der Waals surface area contributed by atoms with Crippen LogP contribution in [0.4, 0.5) is 5.69 Å². The minimum atomic E-state index is -3.59. The normalized spacial score (nSPS) is 13.1. The SMILES string of the molecule is Cc1ccccc1N(CC(=O)N[C@H](C)c1ccc(C(C)(C)C)cc1)S(C)(=O)=O. The van der Waals surface area contributed by atoms with E-state index in [4.69, 9.17) is 0 Å². The highest BCUT2D eigenvalue weighted by Gasteiger charge is 2.23. The van der Waals surface area contributed by atoms with Crippen LogP contribution in [0.2, 0.25) is 0 Å². The number of nitrogens with one attached hydrogen (secondary N) is 1. The van der Waals surface area contributed by atoms with Crippen molar-refractivity contribution in [3.63, 3.8) is 0 Å². The first kappa shape index (κ1) is 22.0. The molecule has 152 valence electrons. The molecule has 0 bridgehead atoms. The number of para-hydroxylation sites is 1. The van der Waals surface area contributed by atoms with E-state index in [-0.39, 0.29) is 23.9 Å². The number of carbonyl (C=O) groups is 1. The van der Waals surface area contributed by atoms with Crippen molar-refractivity contribution in [1.82, 2.24) is 5.32 Å². The van der Waals surface area contributed by atoms with Crippen molar-refractivity contribution >= 4 is 21.6 Å². The highest BCUT2D eigenvalue weighted by atomic mass is 32.2. The molecule has 0 radical (unpaired) electrons. The second-order valence-corrected chi connectivity index (χ2v) is 10.1. The Labute approximate surface area is 168 Å². The number of hydrogen-bond acceptors (Lipinski definition) is 3. The van der Waals surface area contributed by atoms with Gasteiger partial charge in [0, 0.05) is 0 Å². The number of amides is 1. The van der Waals surface area contributed by atoms with Crippen LogP contribution in [0.1, 0.15) is 50.4 Å². The van der Waals surface area contributed by atoms with Gasteiger partial charge in [-0.1, -0.05) is 63.2 Å². The maximum absolute atomic E-state index is 12.6. The van der Waals surface area contributed by atoms with Gasteiger partial charge in [0.15, 0.2) is 0 Å². The van der Waals surface area contributed by atoms with Crippen LogP contribution in [0.25, 0.3) is 0 Å². The van der Waals surface area contributed by atoms with Crippen LogP contribution < -0.4 is 9.62 Å². The van der Waals surface area contributed by atoms with Crippen LogP contribution in [0.15, 0.2) is 48.5 Å². The molecule has 0 saturated heterocycles. The summed E-state index contributed by atoms with van der Waals surface area (Å²) < 4.78 is 25.7. The molecule has 0 aliphatic rings. The van der Waals surface area contributed by atoms with E-state index in [9.17, 15) is 13.2 Å². The lowest BCUT2D eigenvalue weighted by Crippen LogP contribution is -2.41. The molecule has 0 aliphatic heterocycles.